The van der Waals surface area contributed by atoms with Crippen LogP contribution in [0.4, 0.5) is 36.6 Å². The van der Waals surface area contributed by atoms with E-state index in [1.807, 2.05) is 5.10 Å². The SMILES string of the molecule is O=C(CN1CCCC1c1cc(C(F)(F)F)c(=O)[nH]n1)N1CCN(c2ncc(C(F)(F)F)cc2F)CC1. The summed E-state index contributed by atoms with van der Waals surface area (Å²) in [6.07, 6.45) is -7.93. The number of H-pyrrole nitrogens is 1. The molecular formula is C21H21F7N6O2. The molecule has 196 valence electrons. The fraction of sp³-hybridized carbons (Fsp3) is 0.524. The smallest absolute Gasteiger partial charge is 0.351 e. The van der Waals surface area contributed by atoms with E-state index in [4.69, 9.17) is 0 Å². The molecule has 1 amide bonds. The van der Waals surface area contributed by atoms with E-state index < -0.39 is 40.9 Å². The number of nitrogens with zero attached hydrogens (tertiary/aromatic N) is 5. The Morgan fingerprint density at radius 3 is 2.33 bits per heavy atom. The normalized spacial score (nSPS) is 19.7. The summed E-state index contributed by atoms with van der Waals surface area (Å²) in [6.45, 7) is 0.948. The molecular weight excluding hydrogens is 501 g/mol. The first-order valence-corrected chi connectivity index (χ1v) is 11.0. The first-order chi connectivity index (χ1) is 16.8. The Hall–Kier alpha value is -3.23. The van der Waals surface area contributed by atoms with Gasteiger partial charge in [0.15, 0.2) is 11.6 Å². The van der Waals surface area contributed by atoms with Crippen molar-refractivity contribution in [1.29, 1.82) is 0 Å². The van der Waals surface area contributed by atoms with Crippen LogP contribution in [0.2, 0.25) is 0 Å². The lowest BCUT2D eigenvalue weighted by atomic mass is 10.1. The van der Waals surface area contributed by atoms with Crippen LogP contribution in [-0.2, 0) is 17.1 Å². The van der Waals surface area contributed by atoms with Crippen LogP contribution >= 0.6 is 0 Å². The number of rotatable bonds is 4. The number of anilines is 1. The summed E-state index contributed by atoms with van der Waals surface area (Å²) >= 11 is 0. The topological polar surface area (TPSA) is 85.4 Å². The summed E-state index contributed by atoms with van der Waals surface area (Å²) in [5.41, 5.74) is -3.88. The lowest BCUT2D eigenvalue weighted by molar-refractivity contribution is -0.139. The largest absolute Gasteiger partial charge is 0.421 e. The summed E-state index contributed by atoms with van der Waals surface area (Å²) in [5, 5.41) is 5.63. The van der Waals surface area contributed by atoms with Gasteiger partial charge in [0.1, 0.15) is 5.56 Å². The number of amides is 1. The number of pyridine rings is 1. The highest BCUT2D eigenvalue weighted by Crippen LogP contribution is 2.34. The molecule has 0 bridgehead atoms. The molecule has 0 radical (unpaired) electrons. The van der Waals surface area contributed by atoms with Crippen molar-refractivity contribution in [2.24, 2.45) is 0 Å². The zero-order valence-corrected chi connectivity index (χ0v) is 18.7. The van der Waals surface area contributed by atoms with Gasteiger partial charge >= 0.3 is 12.4 Å². The maximum Gasteiger partial charge on any atom is 0.421 e. The lowest BCUT2D eigenvalue weighted by Gasteiger charge is -2.36. The number of aromatic amines is 1. The first kappa shape index (κ1) is 25.9. The molecule has 8 nitrogen and oxygen atoms in total. The Morgan fingerprint density at radius 1 is 1.03 bits per heavy atom. The van der Waals surface area contributed by atoms with Crippen LogP contribution in [0.15, 0.2) is 23.1 Å². The molecule has 0 aromatic carbocycles. The van der Waals surface area contributed by atoms with Crippen molar-refractivity contribution in [3.63, 3.8) is 0 Å². The number of piperazine rings is 1. The van der Waals surface area contributed by atoms with Gasteiger partial charge in [0.2, 0.25) is 5.91 Å². The number of likely N-dealkylation sites (tertiary alicyclic amines) is 1. The van der Waals surface area contributed by atoms with Gasteiger partial charge in [0, 0.05) is 32.4 Å². The minimum Gasteiger partial charge on any atom is -0.351 e. The summed E-state index contributed by atoms with van der Waals surface area (Å²) < 4.78 is 91.8. The Bertz CT molecular complexity index is 1170. The van der Waals surface area contributed by atoms with Crippen LogP contribution in [-0.4, -0.2) is 70.2 Å². The molecule has 0 aliphatic carbocycles. The van der Waals surface area contributed by atoms with Gasteiger partial charge < -0.3 is 9.80 Å². The molecule has 0 spiro atoms. The van der Waals surface area contributed by atoms with Crippen LogP contribution in [0.25, 0.3) is 0 Å². The number of aromatic nitrogens is 3. The number of alkyl halides is 6. The standard InChI is InChI=1S/C21H21F7N6O2/c22-14-8-12(20(23,24)25)10-29-18(14)33-6-4-32(5-7-33)17(35)11-34-3-1-2-16(34)15-9-13(21(26,27)28)19(36)31-30-15/h8-10,16H,1-7,11H2,(H,31,36). The third-order valence-corrected chi connectivity index (χ3v) is 6.25. The van der Waals surface area contributed by atoms with E-state index >= 15 is 0 Å². The average Bonchev–Trinajstić information content (AvgIpc) is 3.26. The Balaban J connectivity index is 1.38. The predicted octanol–water partition coefficient (Wildman–Crippen LogP) is 2.83. The van der Waals surface area contributed by atoms with E-state index in [-0.39, 0.29) is 50.1 Å². The van der Waals surface area contributed by atoms with Crippen molar-refractivity contribution in [2.45, 2.75) is 31.2 Å². The van der Waals surface area contributed by atoms with Crippen molar-refractivity contribution in [3.05, 3.63) is 51.3 Å². The Morgan fingerprint density at radius 2 is 1.72 bits per heavy atom. The van der Waals surface area contributed by atoms with Crippen molar-refractivity contribution >= 4 is 11.7 Å². The maximum absolute atomic E-state index is 14.2. The van der Waals surface area contributed by atoms with Gasteiger partial charge in [-0.25, -0.2) is 14.5 Å². The highest BCUT2D eigenvalue weighted by Gasteiger charge is 2.37. The third kappa shape index (κ3) is 5.44. The summed E-state index contributed by atoms with van der Waals surface area (Å²) in [6, 6.07) is 0.498. The van der Waals surface area contributed by atoms with Crippen LogP contribution in [0.5, 0.6) is 0 Å². The summed E-state index contributed by atoms with van der Waals surface area (Å²) in [7, 11) is 0. The highest BCUT2D eigenvalue weighted by atomic mass is 19.4. The second kappa shape index (κ2) is 9.67. The zero-order valence-electron chi connectivity index (χ0n) is 18.7. The van der Waals surface area contributed by atoms with Gasteiger partial charge in [-0.3, -0.25) is 14.5 Å². The quantitative estimate of drug-likeness (QED) is 0.622. The fourth-order valence-electron chi connectivity index (χ4n) is 4.41. The number of hydrogen-bond acceptors (Lipinski definition) is 6. The number of halogens is 7. The molecule has 1 N–H and O–H groups in total. The fourth-order valence-corrected chi connectivity index (χ4v) is 4.41. The van der Waals surface area contributed by atoms with E-state index in [2.05, 4.69) is 10.1 Å². The summed E-state index contributed by atoms with van der Waals surface area (Å²) in [4.78, 5) is 32.6. The molecule has 2 aromatic heterocycles. The molecule has 4 heterocycles. The van der Waals surface area contributed by atoms with Crippen molar-refractivity contribution in [1.82, 2.24) is 25.0 Å². The van der Waals surface area contributed by atoms with E-state index in [9.17, 15) is 40.3 Å². The van der Waals surface area contributed by atoms with Gasteiger partial charge in [0.05, 0.1) is 23.8 Å². The molecule has 0 saturated carbocycles. The maximum atomic E-state index is 14.2. The predicted molar refractivity (Wildman–Crippen MR) is 111 cm³/mol. The first-order valence-electron chi connectivity index (χ1n) is 11.0. The second-order valence-electron chi connectivity index (χ2n) is 8.56. The van der Waals surface area contributed by atoms with Gasteiger partial charge in [-0.2, -0.15) is 31.4 Å². The number of carbonyl (C=O) groups excluding carboxylic acids is 1. The van der Waals surface area contributed by atoms with Crippen molar-refractivity contribution in [3.8, 4) is 0 Å². The van der Waals surface area contributed by atoms with Crippen molar-refractivity contribution in [2.75, 3.05) is 44.2 Å². The number of hydrogen-bond donors (Lipinski definition) is 1. The molecule has 2 aliphatic heterocycles. The van der Waals surface area contributed by atoms with Gasteiger partial charge in [0.25, 0.3) is 5.56 Å². The van der Waals surface area contributed by atoms with E-state index in [1.54, 1.807) is 4.90 Å². The van der Waals surface area contributed by atoms with Gasteiger partial charge in [-0.15, -0.1) is 0 Å². The summed E-state index contributed by atoms with van der Waals surface area (Å²) in [5.74, 6) is -1.65. The molecule has 2 aliphatic rings. The Kier molecular flexibility index (Phi) is 6.94. The zero-order chi connectivity index (χ0) is 26.3. The van der Waals surface area contributed by atoms with E-state index in [1.165, 1.54) is 9.80 Å². The van der Waals surface area contributed by atoms with Crippen LogP contribution < -0.4 is 10.5 Å². The van der Waals surface area contributed by atoms with Crippen LogP contribution in [0.1, 0.15) is 35.7 Å². The third-order valence-electron chi connectivity index (χ3n) is 6.25. The molecule has 36 heavy (non-hydrogen) atoms. The molecule has 1 atom stereocenters. The monoisotopic (exact) mass is 522 g/mol. The number of carbonyl (C=O) groups is 1. The minimum atomic E-state index is -4.84. The van der Waals surface area contributed by atoms with E-state index in [0.717, 1.165) is 0 Å². The minimum absolute atomic E-state index is 0.0147. The molecule has 2 fully saturated rings. The molecule has 2 saturated heterocycles. The molecule has 2 aromatic rings. The van der Waals surface area contributed by atoms with Crippen LogP contribution in [0.3, 0.4) is 0 Å². The molecule has 1 unspecified atom stereocenters. The Labute approximate surface area is 199 Å². The van der Waals surface area contributed by atoms with Crippen LogP contribution in [0, 0.1) is 5.82 Å². The average molecular weight is 522 g/mol. The number of nitrogens with one attached hydrogen (secondary N) is 1. The lowest BCUT2D eigenvalue weighted by Crippen LogP contribution is -2.51. The van der Waals surface area contributed by atoms with E-state index in [0.29, 0.717) is 37.7 Å². The second-order valence-corrected chi connectivity index (χ2v) is 8.56. The molecule has 4 rings (SSSR count). The highest BCUT2D eigenvalue weighted by molar-refractivity contribution is 5.78. The van der Waals surface area contributed by atoms with Crippen molar-refractivity contribution < 1.29 is 35.5 Å². The van der Waals surface area contributed by atoms with Gasteiger partial charge in [-0.1, -0.05) is 0 Å². The van der Waals surface area contributed by atoms with Gasteiger partial charge in [-0.05, 0) is 31.5 Å². The molecule has 15 heteroatoms.